The SMILES string of the molecule is O=C(CCl)OCCCCCCCCCCOc1ccc(Oc2ccc(N(Cc3ccccc3)C(=O)CCl)cc2)cc1. The van der Waals surface area contributed by atoms with Crippen molar-refractivity contribution in [3.8, 4) is 17.2 Å². The third-order valence-corrected chi connectivity index (χ3v) is 6.93. The van der Waals surface area contributed by atoms with E-state index in [1.807, 2.05) is 78.9 Å². The molecule has 6 nitrogen and oxygen atoms in total. The van der Waals surface area contributed by atoms with Gasteiger partial charge in [0.25, 0.3) is 0 Å². The second kappa shape index (κ2) is 19.0. The molecular formula is C33H39Cl2NO5. The van der Waals surface area contributed by atoms with Crippen LogP contribution < -0.4 is 14.4 Å². The minimum absolute atomic E-state index is 0.0735. The zero-order valence-corrected chi connectivity index (χ0v) is 25.0. The predicted molar refractivity (Wildman–Crippen MR) is 165 cm³/mol. The number of ether oxygens (including phenoxy) is 3. The van der Waals surface area contributed by atoms with Crippen LogP contribution in [0.3, 0.4) is 0 Å². The molecule has 0 heterocycles. The van der Waals surface area contributed by atoms with Crippen LogP contribution >= 0.6 is 23.2 Å². The van der Waals surface area contributed by atoms with Gasteiger partial charge in [-0.3, -0.25) is 9.59 Å². The van der Waals surface area contributed by atoms with E-state index in [9.17, 15) is 9.59 Å². The Morgan fingerprint density at radius 2 is 1.15 bits per heavy atom. The van der Waals surface area contributed by atoms with E-state index in [0.717, 1.165) is 49.1 Å². The molecule has 0 saturated carbocycles. The van der Waals surface area contributed by atoms with Crippen LogP contribution in [-0.4, -0.2) is 36.9 Å². The molecule has 0 saturated heterocycles. The van der Waals surface area contributed by atoms with Gasteiger partial charge >= 0.3 is 5.97 Å². The fourth-order valence-electron chi connectivity index (χ4n) is 4.28. The molecule has 0 unspecified atom stereocenters. The average molecular weight is 601 g/mol. The minimum Gasteiger partial charge on any atom is -0.494 e. The Labute approximate surface area is 253 Å². The Kier molecular flexibility index (Phi) is 15.0. The Balaban J connectivity index is 1.32. The number of benzene rings is 3. The van der Waals surface area contributed by atoms with Gasteiger partial charge in [-0.15, -0.1) is 23.2 Å². The fraction of sp³-hybridized carbons (Fsp3) is 0.394. The molecule has 3 rings (SSSR count). The largest absolute Gasteiger partial charge is 0.494 e. The summed E-state index contributed by atoms with van der Waals surface area (Å²) in [5, 5.41) is 0. The van der Waals surface area contributed by atoms with Crippen LogP contribution in [0.25, 0.3) is 0 Å². The molecule has 220 valence electrons. The number of nitrogens with zero attached hydrogens (tertiary/aromatic N) is 1. The number of hydrogen-bond donors (Lipinski definition) is 0. The molecule has 0 aliphatic heterocycles. The maximum atomic E-state index is 12.5. The third-order valence-electron chi connectivity index (χ3n) is 6.49. The summed E-state index contributed by atoms with van der Waals surface area (Å²) in [7, 11) is 0. The summed E-state index contributed by atoms with van der Waals surface area (Å²) in [5.74, 6) is 1.55. The lowest BCUT2D eigenvalue weighted by Gasteiger charge is -2.22. The number of halogens is 2. The summed E-state index contributed by atoms with van der Waals surface area (Å²) >= 11 is 11.3. The van der Waals surface area contributed by atoms with Crippen molar-refractivity contribution in [3.63, 3.8) is 0 Å². The monoisotopic (exact) mass is 599 g/mol. The zero-order chi connectivity index (χ0) is 29.1. The van der Waals surface area contributed by atoms with E-state index in [4.69, 9.17) is 37.4 Å². The number of amides is 1. The molecule has 1 amide bonds. The first-order valence-electron chi connectivity index (χ1n) is 14.2. The average Bonchev–Trinajstić information content (AvgIpc) is 3.01. The van der Waals surface area contributed by atoms with Crippen LogP contribution in [0.5, 0.6) is 17.2 Å². The van der Waals surface area contributed by atoms with Gasteiger partial charge in [-0.05, 0) is 66.9 Å². The standard InChI is InChI=1S/C33H39Cl2NO5/c34-24-32(37)36(26-27-12-8-7-9-13-27)28-14-16-30(17-15-28)41-31-20-18-29(19-21-31)39-22-10-5-3-1-2-4-6-11-23-40-33(38)25-35/h7-9,12-21H,1-6,10-11,22-26H2. The van der Waals surface area contributed by atoms with Crippen molar-refractivity contribution in [1.82, 2.24) is 0 Å². The van der Waals surface area contributed by atoms with Crippen molar-refractivity contribution in [2.45, 2.75) is 57.9 Å². The second-order valence-electron chi connectivity index (χ2n) is 9.70. The molecule has 0 atom stereocenters. The first-order valence-corrected chi connectivity index (χ1v) is 15.3. The fourth-order valence-corrected chi connectivity index (χ4v) is 4.50. The zero-order valence-electron chi connectivity index (χ0n) is 23.4. The van der Waals surface area contributed by atoms with Gasteiger partial charge in [0.05, 0.1) is 19.8 Å². The Morgan fingerprint density at radius 1 is 0.610 bits per heavy atom. The van der Waals surface area contributed by atoms with Crippen LogP contribution in [0.2, 0.25) is 0 Å². The van der Waals surface area contributed by atoms with Crippen LogP contribution in [0, 0.1) is 0 Å². The normalized spacial score (nSPS) is 10.7. The molecule has 0 aliphatic carbocycles. The van der Waals surface area contributed by atoms with E-state index < -0.39 is 0 Å². The number of carbonyl (C=O) groups excluding carboxylic acids is 2. The predicted octanol–water partition coefficient (Wildman–Crippen LogP) is 8.53. The summed E-state index contributed by atoms with van der Waals surface area (Å²) in [5.41, 5.74) is 1.79. The molecule has 0 fully saturated rings. The molecule has 0 radical (unpaired) electrons. The molecule has 3 aromatic rings. The number of unbranched alkanes of at least 4 members (excludes halogenated alkanes) is 7. The topological polar surface area (TPSA) is 65.1 Å². The van der Waals surface area contributed by atoms with Crippen molar-refractivity contribution >= 4 is 40.8 Å². The van der Waals surface area contributed by atoms with E-state index in [-0.39, 0.29) is 23.6 Å². The highest BCUT2D eigenvalue weighted by atomic mass is 35.5. The first-order chi connectivity index (χ1) is 20.1. The van der Waals surface area contributed by atoms with E-state index in [0.29, 0.717) is 31.3 Å². The van der Waals surface area contributed by atoms with Gasteiger partial charge in [0.15, 0.2) is 0 Å². The summed E-state index contributed by atoms with van der Waals surface area (Å²) < 4.78 is 16.8. The molecule has 0 bridgehead atoms. The van der Waals surface area contributed by atoms with E-state index in [1.54, 1.807) is 4.90 Å². The smallest absolute Gasteiger partial charge is 0.320 e. The van der Waals surface area contributed by atoms with Crippen molar-refractivity contribution in [2.75, 3.05) is 29.9 Å². The Hall–Kier alpha value is -3.22. The molecule has 0 aliphatic rings. The van der Waals surface area contributed by atoms with E-state index in [1.165, 1.54) is 19.3 Å². The van der Waals surface area contributed by atoms with Crippen LogP contribution in [0.15, 0.2) is 78.9 Å². The van der Waals surface area contributed by atoms with Gasteiger partial charge < -0.3 is 19.1 Å². The molecule has 0 N–H and O–H groups in total. The number of esters is 1. The highest BCUT2D eigenvalue weighted by molar-refractivity contribution is 6.29. The van der Waals surface area contributed by atoms with Gasteiger partial charge in [-0.25, -0.2) is 0 Å². The molecule has 0 spiro atoms. The van der Waals surface area contributed by atoms with Gasteiger partial charge in [-0.1, -0.05) is 68.9 Å². The highest BCUT2D eigenvalue weighted by Gasteiger charge is 2.15. The summed E-state index contributed by atoms with van der Waals surface area (Å²) in [6.07, 6.45) is 8.91. The number of anilines is 1. The van der Waals surface area contributed by atoms with Gasteiger partial charge in [-0.2, -0.15) is 0 Å². The maximum Gasteiger partial charge on any atom is 0.320 e. The van der Waals surface area contributed by atoms with Gasteiger partial charge in [0.1, 0.15) is 29.0 Å². The minimum atomic E-state index is -0.342. The molecular weight excluding hydrogens is 561 g/mol. The molecule has 3 aromatic carbocycles. The Morgan fingerprint density at radius 3 is 1.73 bits per heavy atom. The summed E-state index contributed by atoms with van der Waals surface area (Å²) in [4.78, 5) is 25.1. The number of alkyl halides is 2. The molecule has 0 aromatic heterocycles. The molecule has 8 heteroatoms. The number of carbonyl (C=O) groups is 2. The number of rotatable bonds is 19. The van der Waals surface area contributed by atoms with Crippen LogP contribution in [-0.2, 0) is 20.9 Å². The number of hydrogen-bond acceptors (Lipinski definition) is 5. The van der Waals surface area contributed by atoms with Crippen molar-refractivity contribution in [2.24, 2.45) is 0 Å². The van der Waals surface area contributed by atoms with Crippen molar-refractivity contribution in [1.29, 1.82) is 0 Å². The molecule has 41 heavy (non-hydrogen) atoms. The first kappa shape index (κ1) is 32.3. The highest BCUT2D eigenvalue weighted by Crippen LogP contribution is 2.27. The summed E-state index contributed by atoms with van der Waals surface area (Å²) in [6.45, 7) is 1.61. The van der Waals surface area contributed by atoms with Crippen LogP contribution in [0.4, 0.5) is 5.69 Å². The van der Waals surface area contributed by atoms with Crippen molar-refractivity contribution in [3.05, 3.63) is 84.4 Å². The van der Waals surface area contributed by atoms with Crippen molar-refractivity contribution < 1.29 is 23.8 Å². The lowest BCUT2D eigenvalue weighted by molar-refractivity contribution is -0.140. The lowest BCUT2D eigenvalue weighted by Crippen LogP contribution is -2.31. The van der Waals surface area contributed by atoms with E-state index >= 15 is 0 Å². The third kappa shape index (κ3) is 12.4. The van der Waals surface area contributed by atoms with Gasteiger partial charge in [0, 0.05) is 5.69 Å². The quantitative estimate of drug-likeness (QED) is 0.0784. The Bertz CT molecular complexity index is 1160. The van der Waals surface area contributed by atoms with E-state index in [2.05, 4.69) is 0 Å². The lowest BCUT2D eigenvalue weighted by atomic mass is 10.1. The second-order valence-corrected chi connectivity index (χ2v) is 10.2. The summed E-state index contributed by atoms with van der Waals surface area (Å²) in [6, 6.07) is 24.8. The van der Waals surface area contributed by atoms with Crippen LogP contribution in [0.1, 0.15) is 56.9 Å². The maximum absolute atomic E-state index is 12.5. The van der Waals surface area contributed by atoms with Gasteiger partial charge in [0.2, 0.25) is 5.91 Å².